The lowest BCUT2D eigenvalue weighted by Crippen LogP contribution is -2.52. The number of carbonyl (C=O) groups excluding carboxylic acids is 5. The van der Waals surface area contributed by atoms with Crippen LogP contribution in [-0.4, -0.2) is 52.9 Å². The van der Waals surface area contributed by atoms with Crippen LogP contribution in [0.4, 0.5) is 10.5 Å². The summed E-state index contributed by atoms with van der Waals surface area (Å²) < 4.78 is 10.9. The number of benzene rings is 2. The van der Waals surface area contributed by atoms with Gasteiger partial charge in [-0.15, -0.1) is 0 Å². The zero-order chi connectivity index (χ0) is 29.9. The summed E-state index contributed by atoms with van der Waals surface area (Å²) in [6.07, 6.45) is 0.468. The van der Waals surface area contributed by atoms with Crippen LogP contribution in [0, 0.1) is 0 Å². The minimum absolute atomic E-state index is 0.122. The Bertz CT molecular complexity index is 1430. The molecule has 0 spiro atoms. The fraction of sp³-hybridized carbons (Fsp3) is 0.345. The topological polar surface area (TPSA) is 143 Å². The fourth-order valence-corrected chi connectivity index (χ4v) is 4.62. The Balaban J connectivity index is 1.31. The molecule has 2 aromatic carbocycles. The first-order valence-corrected chi connectivity index (χ1v) is 13.3. The van der Waals surface area contributed by atoms with E-state index in [0.717, 1.165) is 11.1 Å². The van der Waals surface area contributed by atoms with Crippen molar-refractivity contribution in [2.24, 2.45) is 0 Å². The molecule has 216 valence electrons. The van der Waals surface area contributed by atoms with Gasteiger partial charge in [-0.2, -0.15) is 0 Å². The minimum Gasteiger partial charge on any atom is -0.489 e. The average Bonchev–Trinajstić information content (AvgIpc) is 3.20. The molecule has 1 saturated heterocycles. The third-order valence-corrected chi connectivity index (χ3v) is 6.49. The Morgan fingerprint density at radius 2 is 1.90 bits per heavy atom. The van der Waals surface area contributed by atoms with Gasteiger partial charge in [-0.1, -0.05) is 30.3 Å². The zero-order valence-electron chi connectivity index (χ0n) is 23.0. The van der Waals surface area contributed by atoms with E-state index in [0.29, 0.717) is 22.0 Å². The van der Waals surface area contributed by atoms with Crippen LogP contribution in [-0.2, 0) is 32.2 Å². The number of fused-ring (bicyclic) bond motifs is 1. The number of carbonyl (C=O) groups is 5. The maximum atomic E-state index is 12.9. The second-order valence-corrected chi connectivity index (χ2v) is 11.2. The molecular formula is C29H31ClN4O7. The number of anilines is 1. The van der Waals surface area contributed by atoms with Crippen molar-refractivity contribution in [1.82, 2.24) is 15.5 Å². The Kier molecular flexibility index (Phi) is 8.67. The van der Waals surface area contributed by atoms with E-state index in [4.69, 9.17) is 21.1 Å². The van der Waals surface area contributed by atoms with Gasteiger partial charge in [0, 0.05) is 41.9 Å². The zero-order valence-corrected chi connectivity index (χ0v) is 23.7. The number of halogens is 1. The van der Waals surface area contributed by atoms with Crippen molar-refractivity contribution in [3.05, 3.63) is 70.3 Å². The first-order chi connectivity index (χ1) is 19.3. The summed E-state index contributed by atoms with van der Waals surface area (Å²) in [6.45, 7) is 9.24. The number of nitrogens with zero attached hydrogens (tertiary/aromatic N) is 1. The highest BCUT2D eigenvalue weighted by molar-refractivity contribution is 6.31. The van der Waals surface area contributed by atoms with Crippen molar-refractivity contribution in [2.75, 3.05) is 11.9 Å². The standard InChI is InChI=1S/C29H31ClN4O7/c1-16(27(38)41-29(2,3)4)15-40-21-11-19(30)10-20(12-21)32-28(39)31-13-17-5-6-22-18(9-17)14-34(26(22)37)23-7-8-24(35)33-25(23)36/h5-6,9-12,23H,1,7-8,13-15H2,2-4H3,(H2,31,32,39)(H,33,35,36). The van der Waals surface area contributed by atoms with Gasteiger partial charge in [-0.3, -0.25) is 19.7 Å². The number of rotatable bonds is 8. The largest absolute Gasteiger partial charge is 0.489 e. The number of esters is 1. The molecule has 2 aromatic rings. The van der Waals surface area contributed by atoms with Gasteiger partial charge in [0.2, 0.25) is 11.8 Å². The highest BCUT2D eigenvalue weighted by atomic mass is 35.5. The molecule has 1 fully saturated rings. The van der Waals surface area contributed by atoms with Crippen molar-refractivity contribution < 1.29 is 33.4 Å². The number of nitrogens with one attached hydrogen (secondary N) is 3. The number of hydrogen-bond donors (Lipinski definition) is 3. The van der Waals surface area contributed by atoms with Crippen LogP contribution in [0.3, 0.4) is 0 Å². The van der Waals surface area contributed by atoms with Crippen LogP contribution >= 0.6 is 11.6 Å². The van der Waals surface area contributed by atoms with E-state index in [1.54, 1.807) is 45.0 Å². The van der Waals surface area contributed by atoms with Crippen LogP contribution in [0.5, 0.6) is 5.75 Å². The summed E-state index contributed by atoms with van der Waals surface area (Å²) in [6, 6.07) is 8.65. The van der Waals surface area contributed by atoms with Crippen LogP contribution < -0.4 is 20.7 Å². The predicted molar refractivity (Wildman–Crippen MR) is 150 cm³/mol. The first-order valence-electron chi connectivity index (χ1n) is 12.9. The SMILES string of the molecule is C=C(COc1cc(Cl)cc(NC(=O)NCc2ccc3c(c2)CN(C2CCC(=O)NC2=O)C3=O)c1)C(=O)OC(C)(C)C. The van der Waals surface area contributed by atoms with Gasteiger partial charge in [-0.05, 0) is 56.5 Å². The third kappa shape index (κ3) is 7.63. The Hall–Kier alpha value is -4.38. The molecule has 4 rings (SSSR count). The molecule has 12 heteroatoms. The normalized spacial score (nSPS) is 16.5. The minimum atomic E-state index is -0.693. The number of imide groups is 1. The summed E-state index contributed by atoms with van der Waals surface area (Å²) in [5, 5.41) is 8.04. The average molecular weight is 583 g/mol. The molecule has 0 radical (unpaired) electrons. The molecule has 3 N–H and O–H groups in total. The van der Waals surface area contributed by atoms with Crippen LogP contribution in [0.2, 0.25) is 5.02 Å². The lowest BCUT2D eigenvalue weighted by Gasteiger charge is -2.29. The van der Waals surface area contributed by atoms with Gasteiger partial charge in [0.1, 0.15) is 24.0 Å². The van der Waals surface area contributed by atoms with Crippen LogP contribution in [0.25, 0.3) is 0 Å². The Labute approximate surface area is 242 Å². The van der Waals surface area contributed by atoms with Gasteiger partial charge >= 0.3 is 12.0 Å². The molecule has 0 bridgehead atoms. The van der Waals surface area contributed by atoms with E-state index in [1.807, 2.05) is 6.07 Å². The van der Waals surface area contributed by atoms with Gasteiger partial charge in [0.25, 0.3) is 5.91 Å². The Morgan fingerprint density at radius 3 is 2.61 bits per heavy atom. The predicted octanol–water partition coefficient (Wildman–Crippen LogP) is 3.70. The van der Waals surface area contributed by atoms with Gasteiger partial charge in [-0.25, -0.2) is 9.59 Å². The van der Waals surface area contributed by atoms with E-state index >= 15 is 0 Å². The number of hydrogen-bond acceptors (Lipinski definition) is 7. The summed E-state index contributed by atoms with van der Waals surface area (Å²) in [4.78, 5) is 62.7. The quantitative estimate of drug-likeness (QED) is 0.245. The van der Waals surface area contributed by atoms with E-state index in [9.17, 15) is 24.0 Å². The van der Waals surface area contributed by atoms with Gasteiger partial charge < -0.3 is 25.0 Å². The second-order valence-electron chi connectivity index (χ2n) is 10.8. The molecule has 0 aliphatic carbocycles. The first kappa shape index (κ1) is 29.6. The number of piperidine rings is 1. The molecule has 2 aliphatic heterocycles. The van der Waals surface area contributed by atoms with Crippen LogP contribution in [0.15, 0.2) is 48.6 Å². The third-order valence-electron chi connectivity index (χ3n) is 6.27. The van der Waals surface area contributed by atoms with Crippen molar-refractivity contribution in [3.63, 3.8) is 0 Å². The lowest BCUT2D eigenvalue weighted by molar-refractivity contribution is -0.150. The summed E-state index contributed by atoms with van der Waals surface area (Å²) in [7, 11) is 0. The molecule has 2 heterocycles. The highest BCUT2D eigenvalue weighted by Gasteiger charge is 2.39. The maximum absolute atomic E-state index is 12.9. The molecule has 5 amide bonds. The number of ether oxygens (including phenoxy) is 2. The number of amides is 5. The smallest absolute Gasteiger partial charge is 0.337 e. The molecule has 0 saturated carbocycles. The molecular weight excluding hydrogens is 552 g/mol. The van der Waals surface area contributed by atoms with E-state index in [1.165, 1.54) is 11.0 Å². The van der Waals surface area contributed by atoms with Crippen molar-refractivity contribution in [1.29, 1.82) is 0 Å². The van der Waals surface area contributed by atoms with Crippen molar-refractivity contribution in [3.8, 4) is 5.75 Å². The van der Waals surface area contributed by atoms with Crippen LogP contribution in [0.1, 0.15) is 55.1 Å². The van der Waals surface area contributed by atoms with E-state index < -0.39 is 29.6 Å². The lowest BCUT2D eigenvalue weighted by atomic mass is 10.0. The molecule has 11 nitrogen and oxygen atoms in total. The fourth-order valence-electron chi connectivity index (χ4n) is 4.39. The number of urea groups is 1. The monoisotopic (exact) mass is 582 g/mol. The Morgan fingerprint density at radius 1 is 1.15 bits per heavy atom. The molecule has 2 aliphatic rings. The molecule has 0 aromatic heterocycles. The van der Waals surface area contributed by atoms with Crippen molar-refractivity contribution >= 4 is 47.0 Å². The summed E-state index contributed by atoms with van der Waals surface area (Å²) in [5.41, 5.74) is 1.82. The molecule has 1 unspecified atom stereocenters. The van der Waals surface area contributed by atoms with Gasteiger partial charge in [0.05, 0.1) is 5.57 Å². The highest BCUT2D eigenvalue weighted by Crippen LogP contribution is 2.28. The van der Waals surface area contributed by atoms with E-state index in [-0.39, 0.29) is 49.9 Å². The second kappa shape index (κ2) is 12.0. The summed E-state index contributed by atoms with van der Waals surface area (Å²) >= 11 is 6.18. The maximum Gasteiger partial charge on any atom is 0.337 e. The van der Waals surface area contributed by atoms with E-state index in [2.05, 4.69) is 22.5 Å². The molecule has 1 atom stereocenters. The molecule has 41 heavy (non-hydrogen) atoms. The van der Waals surface area contributed by atoms with Crippen molar-refractivity contribution in [2.45, 2.75) is 58.3 Å². The summed E-state index contributed by atoms with van der Waals surface area (Å²) in [5.74, 6) is -1.32. The van der Waals surface area contributed by atoms with Gasteiger partial charge in [0.15, 0.2) is 0 Å².